The molecule has 0 heterocycles. The van der Waals surface area contributed by atoms with Crippen LogP contribution in [0.25, 0.3) is 0 Å². The van der Waals surface area contributed by atoms with Crippen LogP contribution in [0.1, 0.15) is 66.7 Å². The number of aromatic carboxylic acids is 2. The zero-order chi connectivity index (χ0) is 15.2. The van der Waals surface area contributed by atoms with E-state index in [1.807, 2.05) is 0 Å². The van der Waals surface area contributed by atoms with Crippen LogP contribution in [0.15, 0.2) is 24.3 Å². The second-order valence-corrected chi connectivity index (χ2v) is 5.88. The van der Waals surface area contributed by atoms with E-state index >= 15 is 0 Å². The first-order chi connectivity index (χ1) is 9.32. The Bertz CT molecular complexity index is 419. The van der Waals surface area contributed by atoms with Crippen molar-refractivity contribution >= 4 is 11.9 Å². The molecule has 0 amide bonds. The van der Waals surface area contributed by atoms with Crippen molar-refractivity contribution < 1.29 is 19.8 Å². The van der Waals surface area contributed by atoms with Gasteiger partial charge in [0.15, 0.2) is 0 Å². The van der Waals surface area contributed by atoms with Crippen molar-refractivity contribution in [3.63, 3.8) is 0 Å². The van der Waals surface area contributed by atoms with E-state index in [0.717, 1.165) is 24.3 Å². The fourth-order valence-corrected chi connectivity index (χ4v) is 2.25. The van der Waals surface area contributed by atoms with Crippen molar-refractivity contribution in [2.45, 2.75) is 46.0 Å². The van der Waals surface area contributed by atoms with E-state index in [0.29, 0.717) is 5.41 Å². The summed E-state index contributed by atoms with van der Waals surface area (Å²) in [7, 11) is 0. The maximum Gasteiger partial charge on any atom is 0.0715 e. The van der Waals surface area contributed by atoms with Crippen LogP contribution in [0.3, 0.4) is 0 Å². The molecule has 1 saturated carbocycles. The van der Waals surface area contributed by atoms with Gasteiger partial charge in [-0.05, 0) is 29.4 Å². The molecule has 4 heteroatoms. The minimum atomic E-state index is -1.33. The lowest BCUT2D eigenvalue weighted by molar-refractivity contribution is -0.256. The Kier molecular flexibility index (Phi) is 5.74. The van der Waals surface area contributed by atoms with Gasteiger partial charge in [-0.15, -0.1) is 0 Å². The summed E-state index contributed by atoms with van der Waals surface area (Å²) in [4.78, 5) is 20.4. The average Bonchev–Trinajstić information content (AvgIpc) is 2.39. The van der Waals surface area contributed by atoms with Crippen molar-refractivity contribution in [1.29, 1.82) is 0 Å². The lowest BCUT2D eigenvalue weighted by Gasteiger charge is -2.28. The summed E-state index contributed by atoms with van der Waals surface area (Å²) in [5, 5.41) is 20.4. The lowest BCUT2D eigenvalue weighted by Crippen LogP contribution is -2.24. The molecule has 0 unspecified atom stereocenters. The second-order valence-electron chi connectivity index (χ2n) is 5.88. The van der Waals surface area contributed by atoms with Crippen LogP contribution in [0.4, 0.5) is 0 Å². The summed E-state index contributed by atoms with van der Waals surface area (Å²) < 4.78 is 0. The van der Waals surface area contributed by atoms with Gasteiger partial charge in [0.1, 0.15) is 0 Å². The zero-order valence-electron chi connectivity index (χ0n) is 12.0. The summed E-state index contributed by atoms with van der Waals surface area (Å²) in [6.45, 7) is 4.76. The number of carboxylic acid groups (broad SMARTS) is 2. The number of carbonyl (C=O) groups is 2. The molecular formula is C16H20O4-2. The highest BCUT2D eigenvalue weighted by Gasteiger charge is 2.19. The van der Waals surface area contributed by atoms with Crippen molar-refractivity contribution in [3.05, 3.63) is 35.4 Å². The van der Waals surface area contributed by atoms with Gasteiger partial charge in [-0.25, -0.2) is 0 Å². The maximum atomic E-state index is 10.2. The molecule has 1 fully saturated rings. The summed E-state index contributed by atoms with van der Waals surface area (Å²) in [5.41, 5.74) is 0.568. The quantitative estimate of drug-likeness (QED) is 0.817. The highest BCUT2D eigenvalue weighted by atomic mass is 16.4. The highest BCUT2D eigenvalue weighted by molar-refractivity contribution is 5.89. The third-order valence-corrected chi connectivity index (χ3v) is 3.56. The normalized spacial score (nSPS) is 16.7. The van der Waals surface area contributed by atoms with E-state index in [1.54, 1.807) is 0 Å². The Labute approximate surface area is 119 Å². The van der Waals surface area contributed by atoms with Crippen LogP contribution in [0.2, 0.25) is 0 Å². The molecule has 1 aliphatic rings. The molecule has 2 rings (SSSR count). The molecule has 0 aromatic heterocycles. The highest BCUT2D eigenvalue weighted by Crippen LogP contribution is 2.34. The van der Waals surface area contributed by atoms with Gasteiger partial charge in [-0.1, -0.05) is 57.4 Å². The summed E-state index contributed by atoms with van der Waals surface area (Å²) in [5.74, 6) is -2.67. The first kappa shape index (κ1) is 16.2. The van der Waals surface area contributed by atoms with Crippen molar-refractivity contribution in [1.82, 2.24) is 0 Å². The molecule has 0 N–H and O–H groups in total. The molecule has 0 aliphatic heterocycles. The van der Waals surface area contributed by atoms with Gasteiger partial charge in [0, 0.05) is 0 Å². The molecule has 1 aromatic rings. The van der Waals surface area contributed by atoms with Crippen LogP contribution < -0.4 is 10.2 Å². The molecular weight excluding hydrogens is 256 g/mol. The predicted molar refractivity (Wildman–Crippen MR) is 72.0 cm³/mol. The van der Waals surface area contributed by atoms with Gasteiger partial charge in [-0.2, -0.15) is 0 Å². The van der Waals surface area contributed by atoms with Crippen molar-refractivity contribution in [2.24, 2.45) is 5.41 Å². The summed E-state index contributed by atoms with van der Waals surface area (Å²) >= 11 is 0. The maximum absolute atomic E-state index is 10.2. The standard InChI is InChI=1S/C8H6O4.C8H16/c9-7(10)5-1-2-6(4-3-5)8(11)12;1-8(2)6-4-3-5-7-8/h1-4H,(H,9,10)(H,11,12);3-7H2,1-2H3/p-2. The molecule has 20 heavy (non-hydrogen) atoms. The largest absolute Gasteiger partial charge is 0.545 e. The van der Waals surface area contributed by atoms with Gasteiger partial charge in [0.2, 0.25) is 0 Å². The van der Waals surface area contributed by atoms with E-state index < -0.39 is 11.9 Å². The number of hydrogen-bond donors (Lipinski definition) is 0. The first-order valence-corrected chi connectivity index (χ1v) is 6.84. The van der Waals surface area contributed by atoms with Crippen LogP contribution in [-0.2, 0) is 0 Å². The van der Waals surface area contributed by atoms with Gasteiger partial charge in [-0.3, -0.25) is 0 Å². The minimum absolute atomic E-state index is 0.0556. The Morgan fingerprint density at radius 3 is 1.40 bits per heavy atom. The molecule has 4 nitrogen and oxygen atoms in total. The smallest absolute Gasteiger partial charge is 0.0715 e. The Hall–Kier alpha value is -1.84. The van der Waals surface area contributed by atoms with Crippen LogP contribution in [-0.4, -0.2) is 11.9 Å². The Morgan fingerprint density at radius 1 is 0.850 bits per heavy atom. The lowest BCUT2D eigenvalue weighted by atomic mass is 9.78. The van der Waals surface area contributed by atoms with Crippen LogP contribution in [0, 0.1) is 5.41 Å². The SMILES string of the molecule is CC1(C)CCCCC1.O=C([O-])c1ccc(C(=O)[O-])cc1. The summed E-state index contributed by atoms with van der Waals surface area (Å²) in [6.07, 6.45) is 7.31. The fraction of sp³-hybridized carbons (Fsp3) is 0.500. The van der Waals surface area contributed by atoms with E-state index in [1.165, 1.54) is 32.1 Å². The third kappa shape index (κ3) is 5.43. The first-order valence-electron chi connectivity index (χ1n) is 6.84. The molecule has 110 valence electrons. The van der Waals surface area contributed by atoms with Crippen molar-refractivity contribution in [3.8, 4) is 0 Å². The van der Waals surface area contributed by atoms with E-state index in [4.69, 9.17) is 0 Å². The third-order valence-electron chi connectivity index (χ3n) is 3.56. The molecule has 0 atom stereocenters. The Morgan fingerprint density at radius 2 is 1.20 bits per heavy atom. The Balaban J connectivity index is 0.000000217. The van der Waals surface area contributed by atoms with E-state index in [-0.39, 0.29) is 11.1 Å². The molecule has 0 saturated heterocycles. The second kappa shape index (κ2) is 7.08. The van der Waals surface area contributed by atoms with Gasteiger partial charge < -0.3 is 19.8 Å². The topological polar surface area (TPSA) is 80.3 Å². The molecule has 0 radical (unpaired) electrons. The molecule has 1 aliphatic carbocycles. The number of hydrogen-bond acceptors (Lipinski definition) is 4. The number of carboxylic acids is 2. The molecule has 0 spiro atoms. The molecule has 0 bridgehead atoms. The number of carbonyl (C=O) groups excluding carboxylic acids is 2. The van der Waals surface area contributed by atoms with Crippen LogP contribution >= 0.6 is 0 Å². The number of benzene rings is 1. The fourth-order valence-electron chi connectivity index (χ4n) is 2.25. The zero-order valence-corrected chi connectivity index (χ0v) is 12.0. The monoisotopic (exact) mass is 276 g/mol. The number of rotatable bonds is 2. The van der Waals surface area contributed by atoms with E-state index in [9.17, 15) is 19.8 Å². The molecule has 1 aromatic carbocycles. The van der Waals surface area contributed by atoms with E-state index in [2.05, 4.69) is 13.8 Å². The van der Waals surface area contributed by atoms with Crippen LogP contribution in [0.5, 0.6) is 0 Å². The van der Waals surface area contributed by atoms with Gasteiger partial charge in [0.05, 0.1) is 11.9 Å². The van der Waals surface area contributed by atoms with Crippen molar-refractivity contribution in [2.75, 3.05) is 0 Å². The minimum Gasteiger partial charge on any atom is -0.545 e. The summed E-state index contributed by atoms with van der Waals surface area (Å²) in [6, 6.07) is 4.61. The average molecular weight is 276 g/mol. The predicted octanol–water partition coefficient (Wildman–Crippen LogP) is 1.39. The van der Waals surface area contributed by atoms with Gasteiger partial charge >= 0.3 is 0 Å². The van der Waals surface area contributed by atoms with Gasteiger partial charge in [0.25, 0.3) is 0 Å².